The summed E-state index contributed by atoms with van der Waals surface area (Å²) in [6.07, 6.45) is 0. The number of hydrogen-bond acceptors (Lipinski definition) is 6. The van der Waals surface area contributed by atoms with Gasteiger partial charge in [-0.05, 0) is 65.9 Å². The highest BCUT2D eigenvalue weighted by Crippen LogP contribution is 2.39. The molecule has 0 radical (unpaired) electrons. The van der Waals surface area contributed by atoms with E-state index >= 15 is 0 Å². The van der Waals surface area contributed by atoms with Crippen LogP contribution in [0.2, 0.25) is 0 Å². The van der Waals surface area contributed by atoms with Crippen LogP contribution in [-0.4, -0.2) is 57.5 Å². The van der Waals surface area contributed by atoms with E-state index in [2.05, 4.69) is 26.6 Å². The smallest absolute Gasteiger partial charge is 0.337 e. The summed E-state index contributed by atoms with van der Waals surface area (Å²) in [5.41, 5.74) is 4.90. The van der Waals surface area contributed by atoms with Crippen LogP contribution in [0.15, 0.2) is 71.2 Å². The third-order valence-electron chi connectivity index (χ3n) is 5.90. The van der Waals surface area contributed by atoms with E-state index in [1.54, 1.807) is 30.1 Å². The van der Waals surface area contributed by atoms with Gasteiger partial charge in [0, 0.05) is 22.8 Å². The lowest BCUT2D eigenvalue weighted by Gasteiger charge is -2.22. The molecule has 2 N–H and O–H groups in total. The first-order valence-corrected chi connectivity index (χ1v) is 12.3. The van der Waals surface area contributed by atoms with Crippen molar-refractivity contribution in [2.45, 2.75) is 0 Å². The number of ether oxygens (including phenoxy) is 1. The van der Waals surface area contributed by atoms with Crippen LogP contribution in [0.1, 0.15) is 21.5 Å². The maximum atomic E-state index is 13.2. The summed E-state index contributed by atoms with van der Waals surface area (Å²) in [5, 5.41) is 6.28. The average Bonchev–Trinajstić information content (AvgIpc) is 3.21. The fraction of sp³-hybridized carbons (Fsp3) is 0.179. The summed E-state index contributed by atoms with van der Waals surface area (Å²) in [6, 6.07) is 20.1. The van der Waals surface area contributed by atoms with Crippen LogP contribution in [0.5, 0.6) is 0 Å². The minimum atomic E-state index is -0.477. The molecule has 190 valence electrons. The first-order valence-electron chi connectivity index (χ1n) is 11.5. The second kappa shape index (κ2) is 11.0. The molecular formula is C28H27BrN4O4. The Labute approximate surface area is 224 Å². The van der Waals surface area contributed by atoms with Gasteiger partial charge in [0.15, 0.2) is 0 Å². The van der Waals surface area contributed by atoms with Gasteiger partial charge >= 0.3 is 5.97 Å². The number of likely N-dealkylation sites (N-methyl/N-ethyl adjacent to an activating group) is 2. The van der Waals surface area contributed by atoms with Gasteiger partial charge in [-0.25, -0.2) is 4.79 Å². The number of halogens is 1. The summed E-state index contributed by atoms with van der Waals surface area (Å²) in [4.78, 5) is 41.1. The normalized spacial score (nSPS) is 13.6. The first-order chi connectivity index (χ1) is 17.7. The highest BCUT2D eigenvalue weighted by atomic mass is 79.9. The number of rotatable bonds is 7. The van der Waals surface area contributed by atoms with Crippen molar-refractivity contribution in [2.24, 2.45) is 0 Å². The number of fused-ring (bicyclic) bond motifs is 1. The molecule has 1 aliphatic heterocycles. The Morgan fingerprint density at radius 3 is 2.35 bits per heavy atom. The number of nitrogens with zero attached hydrogens (tertiary/aromatic N) is 2. The lowest BCUT2D eigenvalue weighted by atomic mass is 9.99. The van der Waals surface area contributed by atoms with Crippen LogP contribution < -0.4 is 15.5 Å². The Kier molecular flexibility index (Phi) is 7.75. The molecular weight excluding hydrogens is 536 g/mol. The van der Waals surface area contributed by atoms with Gasteiger partial charge in [0.2, 0.25) is 5.91 Å². The van der Waals surface area contributed by atoms with Crippen molar-refractivity contribution < 1.29 is 19.1 Å². The van der Waals surface area contributed by atoms with Gasteiger partial charge in [-0.15, -0.1) is 0 Å². The third-order valence-corrected chi connectivity index (χ3v) is 6.54. The topological polar surface area (TPSA) is 91.0 Å². The molecule has 0 saturated carbocycles. The Hall–Kier alpha value is -3.95. The number of carbonyl (C=O) groups excluding carboxylic acids is 3. The average molecular weight is 563 g/mol. The van der Waals surface area contributed by atoms with Gasteiger partial charge in [-0.1, -0.05) is 36.4 Å². The van der Waals surface area contributed by atoms with Crippen LogP contribution in [-0.2, 0) is 14.3 Å². The predicted molar refractivity (Wildman–Crippen MR) is 149 cm³/mol. The van der Waals surface area contributed by atoms with Crippen LogP contribution in [0.3, 0.4) is 0 Å². The predicted octanol–water partition coefficient (Wildman–Crippen LogP) is 4.69. The van der Waals surface area contributed by atoms with Crippen molar-refractivity contribution in [2.75, 3.05) is 50.3 Å². The van der Waals surface area contributed by atoms with Crippen molar-refractivity contribution in [3.63, 3.8) is 0 Å². The highest BCUT2D eigenvalue weighted by molar-refractivity contribution is 9.10. The largest absolute Gasteiger partial charge is 0.465 e. The number of nitrogens with one attached hydrogen (secondary N) is 2. The fourth-order valence-electron chi connectivity index (χ4n) is 4.06. The molecule has 0 saturated heterocycles. The van der Waals surface area contributed by atoms with Crippen molar-refractivity contribution in [3.05, 3.63) is 87.9 Å². The van der Waals surface area contributed by atoms with E-state index in [9.17, 15) is 14.4 Å². The quantitative estimate of drug-likeness (QED) is 0.320. The second-order valence-electron chi connectivity index (χ2n) is 8.80. The molecule has 0 bridgehead atoms. The number of carbonyl (C=O) groups is 3. The van der Waals surface area contributed by atoms with E-state index in [1.165, 1.54) is 7.11 Å². The van der Waals surface area contributed by atoms with Crippen LogP contribution in [0.25, 0.3) is 11.3 Å². The molecule has 3 aromatic rings. The van der Waals surface area contributed by atoms with E-state index in [4.69, 9.17) is 4.74 Å². The van der Waals surface area contributed by atoms with Gasteiger partial charge in [0.1, 0.15) is 0 Å². The summed E-state index contributed by atoms with van der Waals surface area (Å²) < 4.78 is 5.53. The third kappa shape index (κ3) is 5.58. The molecule has 0 unspecified atom stereocenters. The molecule has 0 aromatic heterocycles. The number of hydrogen-bond donors (Lipinski definition) is 2. The minimum absolute atomic E-state index is 0.0379. The first kappa shape index (κ1) is 26.1. The molecule has 1 aliphatic rings. The molecule has 8 nitrogen and oxygen atoms in total. The number of anilines is 3. The lowest BCUT2D eigenvalue weighted by Crippen LogP contribution is -2.35. The van der Waals surface area contributed by atoms with E-state index in [0.29, 0.717) is 34.6 Å². The molecule has 4 rings (SSSR count). The number of esters is 1. The summed E-state index contributed by atoms with van der Waals surface area (Å²) in [5.74, 6) is -0.799. The zero-order valence-electron chi connectivity index (χ0n) is 21.0. The molecule has 2 amide bonds. The zero-order valence-corrected chi connectivity index (χ0v) is 22.5. The fourth-order valence-corrected chi connectivity index (χ4v) is 4.71. The monoisotopic (exact) mass is 562 g/mol. The number of methoxy groups -OCH3 is 1. The lowest BCUT2D eigenvalue weighted by molar-refractivity contribution is -0.119. The van der Waals surface area contributed by atoms with Gasteiger partial charge in [0.25, 0.3) is 5.91 Å². The second-order valence-corrected chi connectivity index (χ2v) is 9.66. The van der Waals surface area contributed by atoms with Crippen molar-refractivity contribution in [1.82, 2.24) is 4.90 Å². The molecule has 0 spiro atoms. The van der Waals surface area contributed by atoms with E-state index < -0.39 is 5.97 Å². The van der Waals surface area contributed by atoms with E-state index in [0.717, 1.165) is 21.4 Å². The number of amides is 2. The maximum absolute atomic E-state index is 13.2. The van der Waals surface area contributed by atoms with Crippen molar-refractivity contribution >= 4 is 62.0 Å². The Balaban J connectivity index is 1.75. The van der Waals surface area contributed by atoms with Gasteiger partial charge in [0.05, 0.1) is 41.9 Å². The van der Waals surface area contributed by atoms with Crippen molar-refractivity contribution in [1.29, 1.82) is 0 Å². The molecule has 9 heteroatoms. The molecule has 0 fully saturated rings. The van der Waals surface area contributed by atoms with Gasteiger partial charge in [-0.2, -0.15) is 0 Å². The standard InChI is InChI=1S/C28H27BrN4O4/c1-32(2)16-24(34)33(3)23-13-11-19(15-21(23)29)30-26(17-8-6-5-7-9-17)25-20-12-10-18(28(36)37-4)14-22(20)31-27(25)35/h5-15,30H,16H2,1-4H3,(H,31,35)/b26-25+. The molecule has 0 aliphatic carbocycles. The highest BCUT2D eigenvalue weighted by Gasteiger charge is 2.29. The van der Waals surface area contributed by atoms with E-state index in [-0.39, 0.29) is 11.8 Å². The SMILES string of the molecule is COC(=O)c1ccc2c(c1)NC(=O)/C2=C(/Nc1ccc(N(C)C(=O)CN(C)C)c(Br)c1)c1ccccc1. The van der Waals surface area contributed by atoms with Crippen LogP contribution in [0.4, 0.5) is 17.1 Å². The van der Waals surface area contributed by atoms with Crippen LogP contribution in [0, 0.1) is 0 Å². The van der Waals surface area contributed by atoms with Crippen molar-refractivity contribution in [3.8, 4) is 0 Å². The molecule has 1 heterocycles. The molecule has 37 heavy (non-hydrogen) atoms. The van der Waals surface area contributed by atoms with Crippen LogP contribution >= 0.6 is 15.9 Å². The maximum Gasteiger partial charge on any atom is 0.337 e. The molecule has 0 atom stereocenters. The summed E-state index contributed by atoms with van der Waals surface area (Å²) >= 11 is 3.59. The summed E-state index contributed by atoms with van der Waals surface area (Å²) in [7, 11) is 6.75. The minimum Gasteiger partial charge on any atom is -0.465 e. The zero-order chi connectivity index (χ0) is 26.7. The van der Waals surface area contributed by atoms with E-state index in [1.807, 2.05) is 67.5 Å². The Morgan fingerprint density at radius 2 is 1.70 bits per heavy atom. The number of benzene rings is 3. The Bertz CT molecular complexity index is 1400. The van der Waals surface area contributed by atoms with Gasteiger partial charge < -0.3 is 25.2 Å². The Morgan fingerprint density at radius 1 is 0.973 bits per heavy atom. The molecule has 3 aromatic carbocycles. The summed E-state index contributed by atoms with van der Waals surface area (Å²) in [6.45, 7) is 0.291. The van der Waals surface area contributed by atoms with Gasteiger partial charge in [-0.3, -0.25) is 9.59 Å².